The Labute approximate surface area is 117 Å². The summed E-state index contributed by atoms with van der Waals surface area (Å²) in [4.78, 5) is 7.03. The number of hydrogen-bond donors (Lipinski definition) is 2. The number of guanidine groups is 1. The molecular formula is C15H29N3O. The third-order valence-corrected chi connectivity index (χ3v) is 4.37. The van der Waals surface area contributed by atoms with Gasteiger partial charge in [-0.05, 0) is 31.6 Å². The third-order valence-electron chi connectivity index (χ3n) is 4.37. The summed E-state index contributed by atoms with van der Waals surface area (Å²) in [5.41, 5.74) is -0.170. The molecule has 0 radical (unpaired) electrons. The van der Waals surface area contributed by atoms with Gasteiger partial charge < -0.3 is 15.3 Å². The van der Waals surface area contributed by atoms with Crippen LogP contribution in [0.4, 0.5) is 0 Å². The summed E-state index contributed by atoms with van der Waals surface area (Å²) in [5.74, 6) is 0.980. The first-order valence-electron chi connectivity index (χ1n) is 7.70. The van der Waals surface area contributed by atoms with Crippen molar-refractivity contribution in [2.24, 2.45) is 10.4 Å². The first kappa shape index (κ1) is 14.6. The van der Waals surface area contributed by atoms with E-state index in [1.54, 1.807) is 0 Å². The van der Waals surface area contributed by atoms with Gasteiger partial charge in [0, 0.05) is 19.6 Å². The average Bonchev–Trinajstić information content (AvgIpc) is 2.91. The molecule has 0 amide bonds. The number of rotatable bonds is 3. The standard InChI is InChI=1S/C15H29N3O/c1-4-16-13(18-10-9-14(2,3)12-18)17-11-15(19)7-5-6-8-15/h19H,4-12H2,1-3H3,(H,16,17). The molecule has 0 aromatic carbocycles. The highest BCUT2D eigenvalue weighted by Crippen LogP contribution is 2.31. The predicted molar refractivity (Wildman–Crippen MR) is 79.4 cm³/mol. The summed E-state index contributed by atoms with van der Waals surface area (Å²) < 4.78 is 0. The second-order valence-electron chi connectivity index (χ2n) is 6.94. The maximum absolute atomic E-state index is 10.4. The Morgan fingerprint density at radius 2 is 1.95 bits per heavy atom. The third kappa shape index (κ3) is 3.85. The lowest BCUT2D eigenvalue weighted by molar-refractivity contribution is 0.0572. The minimum absolute atomic E-state index is 0.375. The van der Waals surface area contributed by atoms with E-state index in [-0.39, 0.29) is 0 Å². The highest BCUT2D eigenvalue weighted by atomic mass is 16.3. The van der Waals surface area contributed by atoms with Gasteiger partial charge in [-0.1, -0.05) is 26.7 Å². The Morgan fingerprint density at radius 1 is 1.26 bits per heavy atom. The molecule has 1 heterocycles. The van der Waals surface area contributed by atoms with E-state index < -0.39 is 5.60 Å². The monoisotopic (exact) mass is 267 g/mol. The summed E-state index contributed by atoms with van der Waals surface area (Å²) in [6.45, 7) is 10.3. The van der Waals surface area contributed by atoms with E-state index in [1.807, 2.05) is 0 Å². The fourth-order valence-electron chi connectivity index (χ4n) is 3.13. The molecule has 110 valence electrons. The maximum Gasteiger partial charge on any atom is 0.194 e. The van der Waals surface area contributed by atoms with Crippen LogP contribution in [0.5, 0.6) is 0 Å². The quantitative estimate of drug-likeness (QED) is 0.607. The van der Waals surface area contributed by atoms with Gasteiger partial charge in [-0.2, -0.15) is 0 Å². The molecule has 19 heavy (non-hydrogen) atoms. The zero-order valence-electron chi connectivity index (χ0n) is 12.7. The number of aliphatic imine (C=N–C) groups is 1. The Balaban J connectivity index is 1.99. The van der Waals surface area contributed by atoms with Crippen molar-refractivity contribution < 1.29 is 5.11 Å². The van der Waals surface area contributed by atoms with E-state index in [0.717, 1.165) is 51.3 Å². The molecule has 2 N–H and O–H groups in total. The van der Waals surface area contributed by atoms with Crippen LogP contribution < -0.4 is 5.32 Å². The maximum atomic E-state index is 10.4. The van der Waals surface area contributed by atoms with Gasteiger partial charge >= 0.3 is 0 Å². The number of aliphatic hydroxyl groups is 1. The van der Waals surface area contributed by atoms with Gasteiger partial charge in [0.05, 0.1) is 12.1 Å². The highest BCUT2D eigenvalue weighted by molar-refractivity contribution is 5.80. The van der Waals surface area contributed by atoms with Gasteiger partial charge in [0.25, 0.3) is 0 Å². The molecule has 0 atom stereocenters. The zero-order chi connectivity index (χ0) is 13.9. The average molecular weight is 267 g/mol. The first-order chi connectivity index (χ1) is 8.94. The first-order valence-corrected chi connectivity index (χ1v) is 7.70. The molecule has 1 saturated heterocycles. The van der Waals surface area contributed by atoms with Crippen molar-refractivity contribution in [3.05, 3.63) is 0 Å². The van der Waals surface area contributed by atoms with Gasteiger partial charge in [-0.15, -0.1) is 0 Å². The fraction of sp³-hybridized carbons (Fsp3) is 0.933. The molecule has 4 heteroatoms. The van der Waals surface area contributed by atoms with Crippen molar-refractivity contribution in [1.82, 2.24) is 10.2 Å². The van der Waals surface area contributed by atoms with Crippen LogP contribution in [-0.2, 0) is 0 Å². The molecule has 0 spiro atoms. The molecule has 0 aromatic rings. The lowest BCUT2D eigenvalue weighted by Gasteiger charge is -2.26. The van der Waals surface area contributed by atoms with Crippen LogP contribution in [0, 0.1) is 5.41 Å². The van der Waals surface area contributed by atoms with Crippen molar-refractivity contribution in [3.63, 3.8) is 0 Å². The molecule has 1 aliphatic heterocycles. The van der Waals surface area contributed by atoms with Gasteiger partial charge in [-0.3, -0.25) is 4.99 Å². The van der Waals surface area contributed by atoms with E-state index >= 15 is 0 Å². The van der Waals surface area contributed by atoms with Crippen LogP contribution in [0.15, 0.2) is 4.99 Å². The van der Waals surface area contributed by atoms with Gasteiger partial charge in [0.2, 0.25) is 0 Å². The minimum atomic E-state index is -0.546. The van der Waals surface area contributed by atoms with Crippen LogP contribution >= 0.6 is 0 Å². The normalized spacial score (nSPS) is 25.9. The Bertz CT molecular complexity index is 332. The second kappa shape index (κ2) is 5.70. The summed E-state index contributed by atoms with van der Waals surface area (Å²) in [7, 11) is 0. The smallest absolute Gasteiger partial charge is 0.194 e. The minimum Gasteiger partial charge on any atom is -0.388 e. The lowest BCUT2D eigenvalue weighted by Crippen LogP contribution is -2.42. The molecular weight excluding hydrogens is 238 g/mol. The van der Waals surface area contributed by atoms with Crippen LogP contribution in [-0.4, -0.2) is 47.7 Å². The number of nitrogens with one attached hydrogen (secondary N) is 1. The molecule has 1 saturated carbocycles. The molecule has 1 aliphatic carbocycles. The van der Waals surface area contributed by atoms with Gasteiger partial charge in [0.15, 0.2) is 5.96 Å². The van der Waals surface area contributed by atoms with E-state index in [0.29, 0.717) is 12.0 Å². The molecule has 2 rings (SSSR count). The fourth-order valence-corrected chi connectivity index (χ4v) is 3.13. The molecule has 0 aromatic heterocycles. The van der Waals surface area contributed by atoms with E-state index in [9.17, 15) is 5.11 Å². The topological polar surface area (TPSA) is 47.9 Å². The van der Waals surface area contributed by atoms with Crippen LogP contribution in [0.25, 0.3) is 0 Å². The largest absolute Gasteiger partial charge is 0.388 e. The predicted octanol–water partition coefficient (Wildman–Crippen LogP) is 1.99. The van der Waals surface area contributed by atoms with E-state index in [2.05, 4.69) is 31.0 Å². The van der Waals surface area contributed by atoms with Crippen molar-refractivity contribution in [2.75, 3.05) is 26.2 Å². The Hall–Kier alpha value is -0.770. The summed E-state index contributed by atoms with van der Waals surface area (Å²) in [6, 6.07) is 0. The number of likely N-dealkylation sites (tertiary alicyclic amines) is 1. The van der Waals surface area contributed by atoms with E-state index in [1.165, 1.54) is 6.42 Å². The lowest BCUT2D eigenvalue weighted by atomic mass is 9.93. The second-order valence-corrected chi connectivity index (χ2v) is 6.94. The van der Waals surface area contributed by atoms with Gasteiger partial charge in [0.1, 0.15) is 0 Å². The molecule has 2 fully saturated rings. The molecule has 0 unspecified atom stereocenters. The van der Waals surface area contributed by atoms with E-state index in [4.69, 9.17) is 4.99 Å². The summed E-state index contributed by atoms with van der Waals surface area (Å²) in [5, 5.41) is 13.8. The van der Waals surface area contributed by atoms with Crippen LogP contribution in [0.1, 0.15) is 52.9 Å². The van der Waals surface area contributed by atoms with Gasteiger partial charge in [-0.25, -0.2) is 0 Å². The highest BCUT2D eigenvalue weighted by Gasteiger charge is 2.33. The summed E-state index contributed by atoms with van der Waals surface area (Å²) >= 11 is 0. The zero-order valence-corrected chi connectivity index (χ0v) is 12.7. The van der Waals surface area contributed by atoms with Crippen molar-refractivity contribution in [3.8, 4) is 0 Å². The van der Waals surface area contributed by atoms with Crippen LogP contribution in [0.2, 0.25) is 0 Å². The van der Waals surface area contributed by atoms with Crippen molar-refractivity contribution in [1.29, 1.82) is 0 Å². The molecule has 4 nitrogen and oxygen atoms in total. The Kier molecular flexibility index (Phi) is 4.39. The van der Waals surface area contributed by atoms with Crippen molar-refractivity contribution in [2.45, 2.75) is 58.5 Å². The molecule has 0 bridgehead atoms. The van der Waals surface area contributed by atoms with Crippen molar-refractivity contribution >= 4 is 5.96 Å². The number of hydrogen-bond acceptors (Lipinski definition) is 2. The SMILES string of the molecule is CCNC(=NCC1(O)CCCC1)N1CCC(C)(C)C1. The number of nitrogens with zero attached hydrogens (tertiary/aromatic N) is 2. The van der Waals surface area contributed by atoms with Crippen LogP contribution in [0.3, 0.4) is 0 Å². The molecule has 2 aliphatic rings. The summed E-state index contributed by atoms with van der Waals surface area (Å²) in [6.07, 6.45) is 5.29. The Morgan fingerprint density at radius 3 is 2.47 bits per heavy atom.